The highest BCUT2D eigenvalue weighted by atomic mass is 35.5. The molecule has 0 heterocycles. The number of methoxy groups -OCH3 is 1. The summed E-state index contributed by atoms with van der Waals surface area (Å²) in [5.41, 5.74) is 1.23. The first-order valence-electron chi connectivity index (χ1n) is 6.85. The van der Waals surface area contributed by atoms with Crippen molar-refractivity contribution in [2.24, 2.45) is 0 Å². The van der Waals surface area contributed by atoms with Gasteiger partial charge in [0.05, 0.1) is 7.11 Å². The number of hydrogen-bond donors (Lipinski definition) is 1. The molecule has 0 amide bonds. The Kier molecular flexibility index (Phi) is 5.33. The van der Waals surface area contributed by atoms with E-state index in [1.54, 1.807) is 7.11 Å². The molecule has 0 atom stereocenters. The minimum Gasteiger partial charge on any atom is -0.497 e. The molecule has 0 bridgehead atoms. The third kappa shape index (κ3) is 4.51. The molecule has 0 aromatic heterocycles. The van der Waals surface area contributed by atoms with Gasteiger partial charge < -0.3 is 10.1 Å². The van der Waals surface area contributed by atoms with Crippen molar-refractivity contribution in [2.75, 3.05) is 13.7 Å². The van der Waals surface area contributed by atoms with E-state index in [4.69, 9.17) is 16.3 Å². The van der Waals surface area contributed by atoms with Crippen molar-refractivity contribution < 1.29 is 4.74 Å². The number of benzene rings is 1. The van der Waals surface area contributed by atoms with Crippen LogP contribution < -0.4 is 10.1 Å². The highest BCUT2D eigenvalue weighted by molar-refractivity contribution is 6.31. The third-order valence-electron chi connectivity index (χ3n) is 3.39. The van der Waals surface area contributed by atoms with Crippen LogP contribution in [-0.2, 0) is 6.42 Å². The summed E-state index contributed by atoms with van der Waals surface area (Å²) >= 11 is 6.21. The second kappa shape index (κ2) is 7.01. The Morgan fingerprint density at radius 2 is 2.11 bits per heavy atom. The maximum Gasteiger partial charge on any atom is 0.120 e. The lowest BCUT2D eigenvalue weighted by Crippen LogP contribution is -2.17. The van der Waals surface area contributed by atoms with Crippen LogP contribution in [0.25, 0.3) is 0 Å². The summed E-state index contributed by atoms with van der Waals surface area (Å²) in [7, 11) is 1.66. The van der Waals surface area contributed by atoms with Gasteiger partial charge in [-0.1, -0.05) is 24.1 Å². The van der Waals surface area contributed by atoms with Crippen molar-refractivity contribution >= 4 is 11.6 Å². The number of aryl methyl sites for hydroxylation is 1. The number of halogens is 1. The predicted octanol–water partition coefficient (Wildman–Crippen LogP) is 3.81. The summed E-state index contributed by atoms with van der Waals surface area (Å²) in [4.78, 5) is 0. The van der Waals surface area contributed by atoms with Gasteiger partial charge in [-0.05, 0) is 56.3 Å². The average Bonchev–Trinajstić information content (AvgIpc) is 3.19. The van der Waals surface area contributed by atoms with Crippen molar-refractivity contribution in [3.05, 3.63) is 28.8 Å². The van der Waals surface area contributed by atoms with Gasteiger partial charge in [-0.15, -0.1) is 0 Å². The van der Waals surface area contributed by atoms with Gasteiger partial charge in [0.15, 0.2) is 0 Å². The first kappa shape index (κ1) is 13.7. The Balaban J connectivity index is 1.62. The number of unbranched alkanes of at least 4 members (excludes halogenated alkanes) is 2. The fourth-order valence-electron chi connectivity index (χ4n) is 2.07. The van der Waals surface area contributed by atoms with Crippen LogP contribution >= 0.6 is 11.6 Å². The molecule has 1 aromatic carbocycles. The maximum atomic E-state index is 6.21. The molecule has 3 heteroatoms. The van der Waals surface area contributed by atoms with Crippen molar-refractivity contribution in [1.82, 2.24) is 5.32 Å². The molecule has 1 fully saturated rings. The molecule has 0 radical (unpaired) electrons. The molecule has 1 aliphatic carbocycles. The van der Waals surface area contributed by atoms with Crippen LogP contribution in [0.2, 0.25) is 5.02 Å². The fourth-order valence-corrected chi connectivity index (χ4v) is 2.33. The molecule has 1 N–H and O–H groups in total. The summed E-state index contributed by atoms with van der Waals surface area (Å²) < 4.78 is 5.14. The van der Waals surface area contributed by atoms with Crippen LogP contribution in [0.3, 0.4) is 0 Å². The van der Waals surface area contributed by atoms with Gasteiger partial charge in [-0.25, -0.2) is 0 Å². The SMILES string of the molecule is COc1ccc(CCCCCNC2CC2)c(Cl)c1. The highest BCUT2D eigenvalue weighted by Crippen LogP contribution is 2.24. The largest absolute Gasteiger partial charge is 0.497 e. The lowest BCUT2D eigenvalue weighted by molar-refractivity contribution is 0.414. The molecular formula is C15H22ClNO. The average molecular weight is 268 g/mol. The Labute approximate surface area is 115 Å². The first-order valence-corrected chi connectivity index (χ1v) is 7.23. The van der Waals surface area contributed by atoms with E-state index in [-0.39, 0.29) is 0 Å². The first-order chi connectivity index (χ1) is 8.79. The van der Waals surface area contributed by atoms with Crippen LogP contribution in [0.1, 0.15) is 37.7 Å². The number of hydrogen-bond acceptors (Lipinski definition) is 2. The summed E-state index contributed by atoms with van der Waals surface area (Å²) in [5, 5.41) is 4.36. The van der Waals surface area contributed by atoms with E-state index in [1.807, 2.05) is 12.1 Å². The molecule has 1 aliphatic rings. The molecule has 1 aromatic rings. The van der Waals surface area contributed by atoms with E-state index in [1.165, 1.54) is 44.2 Å². The van der Waals surface area contributed by atoms with Crippen LogP contribution in [0.4, 0.5) is 0 Å². The van der Waals surface area contributed by atoms with E-state index >= 15 is 0 Å². The van der Waals surface area contributed by atoms with E-state index < -0.39 is 0 Å². The van der Waals surface area contributed by atoms with Crippen molar-refractivity contribution in [2.45, 2.75) is 44.6 Å². The quantitative estimate of drug-likeness (QED) is 0.723. The van der Waals surface area contributed by atoms with Gasteiger partial charge in [-0.3, -0.25) is 0 Å². The molecule has 0 spiro atoms. The Morgan fingerprint density at radius 3 is 2.78 bits per heavy atom. The summed E-state index contributed by atoms with van der Waals surface area (Å²) in [6.45, 7) is 1.17. The van der Waals surface area contributed by atoms with E-state index in [9.17, 15) is 0 Å². The standard InChI is InChI=1S/C15H22ClNO/c1-18-14-9-6-12(15(16)11-14)5-3-2-4-10-17-13-7-8-13/h6,9,11,13,17H,2-5,7-8,10H2,1H3. The smallest absolute Gasteiger partial charge is 0.120 e. The van der Waals surface area contributed by atoms with E-state index in [2.05, 4.69) is 11.4 Å². The molecular weight excluding hydrogens is 246 g/mol. The second-order valence-corrected chi connectivity index (χ2v) is 5.40. The Morgan fingerprint density at radius 1 is 1.28 bits per heavy atom. The fraction of sp³-hybridized carbons (Fsp3) is 0.600. The molecule has 18 heavy (non-hydrogen) atoms. The van der Waals surface area contributed by atoms with Crippen LogP contribution in [0.5, 0.6) is 5.75 Å². The van der Waals surface area contributed by atoms with Crippen molar-refractivity contribution in [1.29, 1.82) is 0 Å². The van der Waals surface area contributed by atoms with Gasteiger partial charge in [0, 0.05) is 11.1 Å². The van der Waals surface area contributed by atoms with Gasteiger partial charge in [-0.2, -0.15) is 0 Å². The zero-order chi connectivity index (χ0) is 12.8. The van der Waals surface area contributed by atoms with Gasteiger partial charge in [0.2, 0.25) is 0 Å². The van der Waals surface area contributed by atoms with Crippen LogP contribution in [0.15, 0.2) is 18.2 Å². The van der Waals surface area contributed by atoms with E-state index in [0.717, 1.165) is 23.2 Å². The van der Waals surface area contributed by atoms with E-state index in [0.29, 0.717) is 0 Å². The zero-order valence-corrected chi connectivity index (χ0v) is 11.8. The monoisotopic (exact) mass is 267 g/mol. The minimum absolute atomic E-state index is 0.824. The molecule has 0 unspecified atom stereocenters. The normalized spacial score (nSPS) is 14.8. The predicted molar refractivity (Wildman–Crippen MR) is 76.6 cm³/mol. The number of ether oxygens (including phenoxy) is 1. The summed E-state index contributed by atoms with van der Waals surface area (Å²) in [6, 6.07) is 6.78. The number of nitrogens with one attached hydrogen (secondary N) is 1. The highest BCUT2D eigenvalue weighted by Gasteiger charge is 2.19. The van der Waals surface area contributed by atoms with Crippen molar-refractivity contribution in [3.63, 3.8) is 0 Å². The van der Waals surface area contributed by atoms with Gasteiger partial charge >= 0.3 is 0 Å². The summed E-state index contributed by atoms with van der Waals surface area (Å²) in [6.07, 6.45) is 7.56. The molecule has 100 valence electrons. The molecule has 0 aliphatic heterocycles. The lowest BCUT2D eigenvalue weighted by Gasteiger charge is -2.07. The molecule has 1 saturated carbocycles. The second-order valence-electron chi connectivity index (χ2n) is 5.00. The van der Waals surface area contributed by atoms with Gasteiger partial charge in [0.1, 0.15) is 5.75 Å². The molecule has 2 nitrogen and oxygen atoms in total. The Bertz CT molecular complexity index is 377. The van der Waals surface area contributed by atoms with Gasteiger partial charge in [0.25, 0.3) is 0 Å². The summed E-state index contributed by atoms with van der Waals surface area (Å²) in [5.74, 6) is 0.831. The van der Waals surface area contributed by atoms with Crippen LogP contribution in [0, 0.1) is 0 Å². The Hall–Kier alpha value is -0.730. The number of rotatable bonds is 8. The third-order valence-corrected chi connectivity index (χ3v) is 3.75. The minimum atomic E-state index is 0.824. The lowest BCUT2D eigenvalue weighted by atomic mass is 10.1. The zero-order valence-electron chi connectivity index (χ0n) is 11.0. The van der Waals surface area contributed by atoms with Crippen LogP contribution in [-0.4, -0.2) is 19.7 Å². The molecule has 2 rings (SSSR count). The topological polar surface area (TPSA) is 21.3 Å². The van der Waals surface area contributed by atoms with Crippen molar-refractivity contribution in [3.8, 4) is 5.75 Å². The maximum absolute atomic E-state index is 6.21. The molecule has 0 saturated heterocycles.